The predicted octanol–water partition coefficient (Wildman–Crippen LogP) is 4.15. The number of halogens is 6. The number of alkyl halides is 6. The van der Waals surface area contributed by atoms with Gasteiger partial charge in [0.05, 0.1) is 0 Å². The van der Waals surface area contributed by atoms with Crippen LogP contribution in [-0.4, -0.2) is 38.0 Å². The van der Waals surface area contributed by atoms with Crippen LogP contribution in [-0.2, 0) is 18.1 Å². The molecule has 1 aromatic carbocycles. The Kier molecular flexibility index (Phi) is 6.97. The zero-order chi connectivity index (χ0) is 18.4. The van der Waals surface area contributed by atoms with Crippen molar-refractivity contribution in [3.05, 3.63) is 35.9 Å². The topological polar surface area (TPSA) is 61.8 Å². The smallest absolute Gasteiger partial charge is 0.292 e. The summed E-state index contributed by atoms with van der Waals surface area (Å²) in [7, 11) is -5.25. The monoisotopic (exact) mass is 380 g/mol. The van der Waals surface area contributed by atoms with Gasteiger partial charge in [0.2, 0.25) is 0 Å². The van der Waals surface area contributed by atoms with Gasteiger partial charge in [-0.2, -0.15) is 26.3 Å². The number of rotatable bonds is 8. The highest BCUT2D eigenvalue weighted by molar-refractivity contribution is 7.48. The molecule has 24 heavy (non-hydrogen) atoms. The Morgan fingerprint density at radius 1 is 0.875 bits per heavy atom. The number of Topliss-reactive ketones (excluding diaryl/α,β-unsaturated/α-hetero) is 1. The van der Waals surface area contributed by atoms with Crippen LogP contribution >= 0.6 is 7.82 Å². The van der Waals surface area contributed by atoms with Crippen molar-refractivity contribution in [3.63, 3.8) is 0 Å². The molecule has 5 nitrogen and oxygen atoms in total. The van der Waals surface area contributed by atoms with E-state index in [1.54, 1.807) is 6.07 Å². The van der Waals surface area contributed by atoms with Gasteiger partial charge in [-0.1, -0.05) is 30.3 Å². The van der Waals surface area contributed by atoms with Gasteiger partial charge < -0.3 is 0 Å². The van der Waals surface area contributed by atoms with Gasteiger partial charge in [0.25, 0.3) is 0 Å². The molecule has 0 heterocycles. The molecule has 0 unspecified atom stereocenters. The molecule has 0 spiro atoms. The van der Waals surface area contributed by atoms with Crippen molar-refractivity contribution < 1.29 is 49.3 Å². The molecule has 0 aliphatic heterocycles. The number of hydrogen-bond acceptors (Lipinski definition) is 5. The first kappa shape index (κ1) is 20.6. The normalized spacial score (nSPS) is 13.1. The lowest BCUT2D eigenvalue weighted by Gasteiger charge is -2.19. The molecule has 0 fully saturated rings. The largest absolute Gasteiger partial charge is 0.475 e. The van der Waals surface area contributed by atoms with E-state index in [2.05, 4.69) is 13.6 Å². The molecule has 12 heteroatoms. The molecule has 0 saturated heterocycles. The second-order valence-electron chi connectivity index (χ2n) is 4.29. The van der Waals surface area contributed by atoms with E-state index in [-0.39, 0.29) is 5.56 Å². The quantitative estimate of drug-likeness (QED) is 0.385. The number of carbonyl (C=O) groups is 1. The van der Waals surface area contributed by atoms with Gasteiger partial charge in [-0.25, -0.2) is 4.57 Å². The summed E-state index contributed by atoms with van der Waals surface area (Å²) in [5.74, 6) is -0.831. The number of benzene rings is 1. The van der Waals surface area contributed by atoms with Crippen LogP contribution in [0.15, 0.2) is 30.3 Å². The Morgan fingerprint density at radius 3 is 1.75 bits per heavy atom. The Bertz CT molecular complexity index is 564. The van der Waals surface area contributed by atoms with E-state index in [9.17, 15) is 35.7 Å². The van der Waals surface area contributed by atoms with Gasteiger partial charge in [0.1, 0.15) is 6.61 Å². The summed E-state index contributed by atoms with van der Waals surface area (Å²) in [5.41, 5.74) is 0.0516. The Labute approximate surface area is 132 Å². The molecule has 0 aliphatic carbocycles. The fourth-order valence-corrected chi connectivity index (χ4v) is 2.37. The summed E-state index contributed by atoms with van der Waals surface area (Å²) in [5, 5.41) is 0. The van der Waals surface area contributed by atoms with Crippen LogP contribution in [0.2, 0.25) is 0 Å². The molecule has 1 rings (SSSR count). The van der Waals surface area contributed by atoms with E-state index >= 15 is 0 Å². The van der Waals surface area contributed by atoms with Crippen molar-refractivity contribution in [1.82, 2.24) is 0 Å². The third-order valence-corrected chi connectivity index (χ3v) is 3.56. The van der Waals surface area contributed by atoms with Gasteiger partial charge in [-0.3, -0.25) is 18.4 Å². The summed E-state index contributed by atoms with van der Waals surface area (Å²) in [4.78, 5) is 11.7. The third kappa shape index (κ3) is 8.44. The molecular formula is C12H11F6O5P. The van der Waals surface area contributed by atoms with Gasteiger partial charge in [-0.05, 0) is 0 Å². The van der Waals surface area contributed by atoms with Crippen LogP contribution in [0.5, 0.6) is 0 Å². The highest BCUT2D eigenvalue weighted by atomic mass is 31.2. The van der Waals surface area contributed by atoms with Crippen LogP contribution in [0.25, 0.3) is 0 Å². The molecule has 0 N–H and O–H groups in total. The molecule has 0 atom stereocenters. The first-order valence-electron chi connectivity index (χ1n) is 6.16. The summed E-state index contributed by atoms with van der Waals surface area (Å²) in [6.07, 6.45) is -9.96. The minimum Gasteiger partial charge on any atom is -0.292 e. The zero-order valence-corrected chi connectivity index (χ0v) is 12.7. The van der Waals surface area contributed by atoms with Crippen molar-refractivity contribution in [2.45, 2.75) is 12.4 Å². The maximum atomic E-state index is 12.1. The van der Waals surface area contributed by atoms with Crippen molar-refractivity contribution in [3.8, 4) is 0 Å². The maximum absolute atomic E-state index is 12.1. The second-order valence-corrected chi connectivity index (χ2v) is 5.96. The Balaban J connectivity index is 2.73. The average Bonchev–Trinajstić information content (AvgIpc) is 2.48. The van der Waals surface area contributed by atoms with Crippen LogP contribution in [0.4, 0.5) is 26.3 Å². The molecular weight excluding hydrogens is 369 g/mol. The summed E-state index contributed by atoms with van der Waals surface area (Å²) in [6.45, 7) is -5.42. The molecule has 136 valence electrons. The highest BCUT2D eigenvalue weighted by Crippen LogP contribution is 2.51. The van der Waals surface area contributed by atoms with Crippen LogP contribution in [0, 0.1) is 0 Å². The van der Waals surface area contributed by atoms with E-state index in [0.29, 0.717) is 0 Å². The van der Waals surface area contributed by atoms with Crippen molar-refractivity contribution in [2.24, 2.45) is 0 Å². The lowest BCUT2D eigenvalue weighted by Crippen LogP contribution is -2.21. The van der Waals surface area contributed by atoms with Gasteiger partial charge in [0.15, 0.2) is 19.0 Å². The molecule has 0 bridgehead atoms. The van der Waals surface area contributed by atoms with E-state index in [0.717, 1.165) is 0 Å². The number of carbonyl (C=O) groups excluding carboxylic acids is 1. The minimum absolute atomic E-state index is 0.0516. The molecule has 0 radical (unpaired) electrons. The van der Waals surface area contributed by atoms with Gasteiger partial charge in [-0.15, -0.1) is 0 Å². The number of hydrogen-bond donors (Lipinski definition) is 0. The Hall–Kier alpha value is -1.42. The first-order valence-corrected chi connectivity index (χ1v) is 7.62. The van der Waals surface area contributed by atoms with Crippen molar-refractivity contribution in [2.75, 3.05) is 19.8 Å². The van der Waals surface area contributed by atoms with E-state index in [1.807, 2.05) is 0 Å². The van der Waals surface area contributed by atoms with Crippen LogP contribution < -0.4 is 0 Å². The average molecular weight is 380 g/mol. The van der Waals surface area contributed by atoms with Gasteiger partial charge in [0, 0.05) is 5.56 Å². The van der Waals surface area contributed by atoms with E-state index in [1.165, 1.54) is 24.3 Å². The number of phosphoric acid groups is 1. The summed E-state index contributed by atoms with van der Waals surface area (Å²) < 4.78 is 96.2. The molecule has 1 aromatic rings. The second kappa shape index (κ2) is 8.11. The third-order valence-electron chi connectivity index (χ3n) is 2.22. The zero-order valence-electron chi connectivity index (χ0n) is 11.8. The van der Waals surface area contributed by atoms with Gasteiger partial charge >= 0.3 is 20.2 Å². The number of ketones is 1. The fourth-order valence-electron chi connectivity index (χ4n) is 1.26. The van der Waals surface area contributed by atoms with Crippen molar-refractivity contribution in [1.29, 1.82) is 0 Å². The van der Waals surface area contributed by atoms with Crippen LogP contribution in [0.1, 0.15) is 10.4 Å². The standard InChI is InChI=1S/C12H11F6O5P/c13-11(14,15)7-22-24(20,23-8-12(16,17)18)21-6-10(19)9-4-2-1-3-5-9/h1-5H,6-8H2. The van der Waals surface area contributed by atoms with E-state index in [4.69, 9.17) is 0 Å². The first-order chi connectivity index (χ1) is 10.9. The summed E-state index contributed by atoms with van der Waals surface area (Å²) in [6, 6.07) is 7.15. The fraction of sp³-hybridized carbons (Fsp3) is 0.417. The van der Waals surface area contributed by atoms with Crippen LogP contribution in [0.3, 0.4) is 0 Å². The van der Waals surface area contributed by atoms with E-state index < -0.39 is 45.8 Å². The predicted molar refractivity (Wildman–Crippen MR) is 68.3 cm³/mol. The maximum Gasteiger partial charge on any atom is 0.475 e. The lowest BCUT2D eigenvalue weighted by molar-refractivity contribution is -0.170. The highest BCUT2D eigenvalue weighted by Gasteiger charge is 2.40. The SMILES string of the molecule is O=C(COP(=O)(OCC(F)(F)F)OCC(F)(F)F)c1ccccc1. The lowest BCUT2D eigenvalue weighted by atomic mass is 10.1. The molecule has 0 saturated carbocycles. The molecule has 0 aliphatic rings. The van der Waals surface area contributed by atoms with Crippen molar-refractivity contribution >= 4 is 13.6 Å². The minimum atomic E-state index is -5.25. The molecule has 0 amide bonds. The number of phosphoric ester groups is 1. The molecule has 0 aromatic heterocycles. The summed E-state index contributed by atoms with van der Waals surface area (Å²) >= 11 is 0. The Morgan fingerprint density at radius 2 is 1.33 bits per heavy atom.